The maximum atomic E-state index is 12.3. The molecule has 0 spiro atoms. The fraction of sp³-hybridized carbons (Fsp3) is 0.0909. The molecule has 27 heavy (non-hydrogen) atoms. The molecule has 3 aromatic carbocycles. The van der Waals surface area contributed by atoms with Gasteiger partial charge in [-0.15, -0.1) is 0 Å². The van der Waals surface area contributed by atoms with Crippen LogP contribution in [0.4, 0.5) is 5.69 Å². The lowest BCUT2D eigenvalue weighted by molar-refractivity contribution is -0.116. The Hall–Kier alpha value is -2.67. The molecule has 0 atom stereocenters. The predicted molar refractivity (Wildman–Crippen MR) is 114 cm³/mol. The summed E-state index contributed by atoms with van der Waals surface area (Å²) in [7, 11) is 0. The van der Waals surface area contributed by atoms with E-state index in [2.05, 4.69) is 27.9 Å². The smallest absolute Gasteiger partial charge is 0.224 e. The van der Waals surface area contributed by atoms with Crippen LogP contribution in [0.25, 0.3) is 0 Å². The third-order valence-electron chi connectivity index (χ3n) is 3.86. The van der Waals surface area contributed by atoms with Gasteiger partial charge in [-0.3, -0.25) is 9.59 Å². The average Bonchev–Trinajstić information content (AvgIpc) is 2.69. The van der Waals surface area contributed by atoms with Gasteiger partial charge in [-0.2, -0.15) is 0 Å². The molecule has 0 heterocycles. The van der Waals surface area contributed by atoms with Gasteiger partial charge in [-0.25, -0.2) is 0 Å². The molecule has 0 saturated carbocycles. The first kappa shape index (κ1) is 19.1. The molecule has 1 N–H and O–H groups in total. The lowest BCUT2D eigenvalue weighted by Gasteiger charge is -2.07. The van der Waals surface area contributed by atoms with Crippen molar-refractivity contribution in [2.24, 2.45) is 0 Å². The van der Waals surface area contributed by atoms with Gasteiger partial charge < -0.3 is 10.1 Å². The third kappa shape index (κ3) is 5.92. The van der Waals surface area contributed by atoms with Crippen LogP contribution in [-0.4, -0.2) is 11.7 Å². The average molecular weight is 471 g/mol. The van der Waals surface area contributed by atoms with Crippen molar-refractivity contribution in [1.82, 2.24) is 0 Å². The Balaban J connectivity index is 1.50. The van der Waals surface area contributed by atoms with Crippen molar-refractivity contribution in [3.05, 3.63) is 88.0 Å². The molecule has 3 aromatic rings. The van der Waals surface area contributed by atoms with Crippen LogP contribution >= 0.6 is 22.6 Å². The molecule has 0 aliphatic carbocycles. The van der Waals surface area contributed by atoms with Gasteiger partial charge in [-0.05, 0) is 83.3 Å². The highest BCUT2D eigenvalue weighted by atomic mass is 127. The largest absolute Gasteiger partial charge is 0.457 e. The number of ether oxygens (including phenoxy) is 1. The summed E-state index contributed by atoms with van der Waals surface area (Å²) in [5.74, 6) is 1.16. The molecule has 0 radical (unpaired) electrons. The lowest BCUT2D eigenvalue weighted by Crippen LogP contribution is -2.13. The molecule has 0 bridgehead atoms. The van der Waals surface area contributed by atoms with Gasteiger partial charge in [0, 0.05) is 27.7 Å². The van der Waals surface area contributed by atoms with Gasteiger partial charge in [0.2, 0.25) is 5.91 Å². The second-order valence-electron chi connectivity index (χ2n) is 5.92. The highest BCUT2D eigenvalue weighted by molar-refractivity contribution is 14.1. The number of carbonyl (C=O) groups excluding carboxylic acids is 2. The molecular formula is C22H18INO3. The van der Waals surface area contributed by atoms with Crippen molar-refractivity contribution in [3.8, 4) is 11.5 Å². The molecule has 0 aliphatic heterocycles. The summed E-state index contributed by atoms with van der Waals surface area (Å²) in [4.78, 5) is 24.3. The standard InChI is InChI=1S/C22H18INO3/c23-17-8-10-18(11-9-17)24-22(26)15-14-21(25)16-6-12-20(13-7-16)27-19-4-2-1-3-5-19/h1-13H,14-15H2,(H,24,26). The molecule has 0 aliphatic rings. The van der Waals surface area contributed by atoms with E-state index in [-0.39, 0.29) is 24.5 Å². The monoisotopic (exact) mass is 471 g/mol. The number of para-hydroxylation sites is 1. The minimum absolute atomic E-state index is 0.0704. The van der Waals surface area contributed by atoms with E-state index in [1.54, 1.807) is 24.3 Å². The Bertz CT molecular complexity index is 907. The molecule has 0 saturated heterocycles. The summed E-state index contributed by atoms with van der Waals surface area (Å²) in [6.45, 7) is 0. The second-order valence-corrected chi connectivity index (χ2v) is 7.16. The van der Waals surface area contributed by atoms with Gasteiger partial charge >= 0.3 is 0 Å². The van der Waals surface area contributed by atoms with Crippen molar-refractivity contribution in [3.63, 3.8) is 0 Å². The summed E-state index contributed by atoms with van der Waals surface area (Å²) in [5.41, 5.74) is 1.30. The van der Waals surface area contributed by atoms with Crippen LogP contribution in [0.1, 0.15) is 23.2 Å². The van der Waals surface area contributed by atoms with E-state index in [1.165, 1.54) is 0 Å². The number of nitrogens with one attached hydrogen (secondary N) is 1. The number of anilines is 1. The SMILES string of the molecule is O=C(CCC(=O)c1ccc(Oc2ccccc2)cc1)Nc1ccc(I)cc1. The summed E-state index contributed by atoms with van der Waals surface area (Å²) in [6, 6.07) is 23.9. The minimum Gasteiger partial charge on any atom is -0.457 e. The Morgan fingerprint density at radius 1 is 0.778 bits per heavy atom. The van der Waals surface area contributed by atoms with Gasteiger partial charge in [0.25, 0.3) is 0 Å². The molecule has 0 unspecified atom stereocenters. The highest BCUT2D eigenvalue weighted by Crippen LogP contribution is 2.21. The predicted octanol–water partition coefficient (Wildman–Crippen LogP) is 5.69. The molecule has 0 fully saturated rings. The van der Waals surface area contributed by atoms with Crippen LogP contribution in [0, 0.1) is 3.57 Å². The molecule has 4 nitrogen and oxygen atoms in total. The summed E-state index contributed by atoms with van der Waals surface area (Å²) in [6.07, 6.45) is 0.308. The first-order valence-electron chi connectivity index (χ1n) is 8.52. The maximum Gasteiger partial charge on any atom is 0.224 e. The van der Waals surface area contributed by atoms with Crippen LogP contribution in [0.15, 0.2) is 78.9 Å². The number of ketones is 1. The number of hydrogen-bond donors (Lipinski definition) is 1. The van der Waals surface area contributed by atoms with E-state index in [4.69, 9.17) is 4.74 Å². The van der Waals surface area contributed by atoms with Crippen LogP contribution in [0.3, 0.4) is 0 Å². The van der Waals surface area contributed by atoms with E-state index in [0.29, 0.717) is 11.3 Å². The highest BCUT2D eigenvalue weighted by Gasteiger charge is 2.10. The fourth-order valence-electron chi connectivity index (χ4n) is 2.46. The van der Waals surface area contributed by atoms with Crippen LogP contribution in [-0.2, 0) is 4.79 Å². The Morgan fingerprint density at radius 2 is 1.41 bits per heavy atom. The number of rotatable bonds is 7. The summed E-state index contributed by atoms with van der Waals surface area (Å²) < 4.78 is 6.81. The Morgan fingerprint density at radius 3 is 2.07 bits per heavy atom. The summed E-state index contributed by atoms with van der Waals surface area (Å²) >= 11 is 2.20. The number of Topliss-reactive ketones (excluding diaryl/α,β-unsaturated/α-hetero) is 1. The maximum absolute atomic E-state index is 12.3. The zero-order valence-electron chi connectivity index (χ0n) is 14.5. The second kappa shape index (κ2) is 9.32. The van der Waals surface area contributed by atoms with Gasteiger partial charge in [0.1, 0.15) is 11.5 Å². The first-order valence-corrected chi connectivity index (χ1v) is 9.59. The fourth-order valence-corrected chi connectivity index (χ4v) is 2.82. The molecule has 5 heteroatoms. The zero-order chi connectivity index (χ0) is 19.1. The van der Waals surface area contributed by atoms with Crippen molar-refractivity contribution >= 4 is 40.0 Å². The Kier molecular flexibility index (Phi) is 6.59. The molecule has 1 amide bonds. The van der Waals surface area contributed by atoms with Crippen molar-refractivity contribution in [2.75, 3.05) is 5.32 Å². The van der Waals surface area contributed by atoms with Crippen molar-refractivity contribution in [1.29, 1.82) is 0 Å². The first-order chi connectivity index (χ1) is 13.1. The van der Waals surface area contributed by atoms with Crippen LogP contribution in [0.5, 0.6) is 11.5 Å². The topological polar surface area (TPSA) is 55.4 Å². The molecular weight excluding hydrogens is 453 g/mol. The zero-order valence-corrected chi connectivity index (χ0v) is 16.7. The third-order valence-corrected chi connectivity index (χ3v) is 4.58. The quantitative estimate of drug-likeness (QED) is 0.356. The molecule has 3 rings (SSSR count). The van der Waals surface area contributed by atoms with Crippen LogP contribution < -0.4 is 10.1 Å². The minimum atomic E-state index is -0.173. The van der Waals surface area contributed by atoms with Gasteiger partial charge in [0.05, 0.1) is 0 Å². The Labute approximate surface area is 171 Å². The number of halogens is 1. The van der Waals surface area contributed by atoms with E-state index in [0.717, 1.165) is 15.0 Å². The van der Waals surface area contributed by atoms with Gasteiger partial charge in [0.15, 0.2) is 5.78 Å². The van der Waals surface area contributed by atoms with E-state index >= 15 is 0 Å². The van der Waals surface area contributed by atoms with Crippen LogP contribution in [0.2, 0.25) is 0 Å². The number of benzene rings is 3. The molecule has 0 aromatic heterocycles. The number of carbonyl (C=O) groups is 2. The van der Waals surface area contributed by atoms with E-state index < -0.39 is 0 Å². The van der Waals surface area contributed by atoms with Crippen molar-refractivity contribution in [2.45, 2.75) is 12.8 Å². The normalized spacial score (nSPS) is 10.3. The van der Waals surface area contributed by atoms with E-state index in [1.807, 2.05) is 54.6 Å². The van der Waals surface area contributed by atoms with Crippen molar-refractivity contribution < 1.29 is 14.3 Å². The van der Waals surface area contributed by atoms with Gasteiger partial charge in [-0.1, -0.05) is 18.2 Å². The number of amides is 1. The molecule has 136 valence electrons. The van der Waals surface area contributed by atoms with E-state index in [9.17, 15) is 9.59 Å². The summed E-state index contributed by atoms with van der Waals surface area (Å²) in [5, 5.41) is 2.80. The number of hydrogen-bond acceptors (Lipinski definition) is 3. The lowest BCUT2D eigenvalue weighted by atomic mass is 10.1.